The Bertz CT molecular complexity index is 113. The Morgan fingerprint density at radius 1 is 1.23 bits per heavy atom. The first-order valence-corrected chi connectivity index (χ1v) is 5.55. The van der Waals surface area contributed by atoms with Crippen LogP contribution in [0.5, 0.6) is 0 Å². The quantitative estimate of drug-likeness (QED) is 0.655. The molecule has 0 saturated heterocycles. The second-order valence-corrected chi connectivity index (χ2v) is 4.11. The van der Waals surface area contributed by atoms with E-state index in [-0.39, 0.29) is 0 Å². The van der Waals surface area contributed by atoms with E-state index in [1.54, 1.807) is 0 Å². The summed E-state index contributed by atoms with van der Waals surface area (Å²) in [6, 6.07) is 1.30. The lowest BCUT2D eigenvalue weighted by Gasteiger charge is -2.27. The highest BCUT2D eigenvalue weighted by Crippen LogP contribution is 2.01. The van der Waals surface area contributed by atoms with Crippen LogP contribution in [0.1, 0.15) is 40.5 Å². The second-order valence-electron chi connectivity index (χ2n) is 4.11. The Kier molecular flexibility index (Phi) is 7.29. The molecule has 0 aromatic heterocycles. The van der Waals surface area contributed by atoms with E-state index >= 15 is 0 Å². The van der Waals surface area contributed by atoms with Gasteiger partial charge in [-0.05, 0) is 26.4 Å². The van der Waals surface area contributed by atoms with E-state index in [1.807, 2.05) is 0 Å². The van der Waals surface area contributed by atoms with E-state index < -0.39 is 0 Å². The van der Waals surface area contributed by atoms with Crippen molar-refractivity contribution in [2.75, 3.05) is 20.1 Å². The van der Waals surface area contributed by atoms with E-state index in [9.17, 15) is 0 Å². The van der Waals surface area contributed by atoms with Crippen LogP contribution in [0.25, 0.3) is 0 Å². The summed E-state index contributed by atoms with van der Waals surface area (Å²) < 4.78 is 0. The van der Waals surface area contributed by atoms with Crippen LogP contribution in [0.15, 0.2) is 0 Å². The molecule has 2 nitrogen and oxygen atoms in total. The monoisotopic (exact) mass is 186 g/mol. The predicted octanol–water partition coefficient (Wildman–Crippen LogP) is 2.10. The SMILES string of the molecule is CCCN(C)C(CC)CNC(C)C. The van der Waals surface area contributed by atoms with Crippen molar-refractivity contribution in [3.63, 3.8) is 0 Å². The summed E-state index contributed by atoms with van der Waals surface area (Å²) in [5.41, 5.74) is 0. The van der Waals surface area contributed by atoms with Gasteiger partial charge in [-0.15, -0.1) is 0 Å². The zero-order valence-electron chi connectivity index (χ0n) is 9.93. The highest BCUT2D eigenvalue weighted by Gasteiger charge is 2.11. The fraction of sp³-hybridized carbons (Fsp3) is 1.00. The van der Waals surface area contributed by atoms with Gasteiger partial charge in [0, 0.05) is 18.6 Å². The minimum absolute atomic E-state index is 0.601. The van der Waals surface area contributed by atoms with Crippen molar-refractivity contribution < 1.29 is 0 Å². The first-order valence-electron chi connectivity index (χ1n) is 5.55. The molecule has 0 aromatic rings. The van der Waals surface area contributed by atoms with Crippen LogP contribution in [-0.2, 0) is 0 Å². The molecule has 0 saturated carbocycles. The average Bonchev–Trinajstić information content (AvgIpc) is 2.05. The zero-order valence-corrected chi connectivity index (χ0v) is 9.93. The molecule has 0 aliphatic rings. The summed E-state index contributed by atoms with van der Waals surface area (Å²) >= 11 is 0. The molecule has 13 heavy (non-hydrogen) atoms. The number of hydrogen-bond donors (Lipinski definition) is 1. The largest absolute Gasteiger partial charge is 0.313 e. The van der Waals surface area contributed by atoms with Gasteiger partial charge in [-0.2, -0.15) is 0 Å². The van der Waals surface area contributed by atoms with E-state index in [4.69, 9.17) is 0 Å². The van der Waals surface area contributed by atoms with Crippen molar-refractivity contribution in [2.45, 2.75) is 52.6 Å². The predicted molar refractivity (Wildman–Crippen MR) is 60.1 cm³/mol. The lowest BCUT2D eigenvalue weighted by Crippen LogP contribution is -2.42. The van der Waals surface area contributed by atoms with Gasteiger partial charge in [0.2, 0.25) is 0 Å². The van der Waals surface area contributed by atoms with Gasteiger partial charge in [0.05, 0.1) is 0 Å². The van der Waals surface area contributed by atoms with Crippen LogP contribution in [0.4, 0.5) is 0 Å². The Labute approximate surface area is 83.7 Å². The van der Waals surface area contributed by atoms with Crippen LogP contribution < -0.4 is 5.32 Å². The second kappa shape index (κ2) is 7.34. The van der Waals surface area contributed by atoms with Crippen molar-refractivity contribution in [3.05, 3.63) is 0 Å². The number of nitrogens with one attached hydrogen (secondary N) is 1. The smallest absolute Gasteiger partial charge is 0.0215 e. The Morgan fingerprint density at radius 3 is 2.23 bits per heavy atom. The maximum atomic E-state index is 3.49. The van der Waals surface area contributed by atoms with Gasteiger partial charge in [-0.25, -0.2) is 0 Å². The Morgan fingerprint density at radius 2 is 1.85 bits per heavy atom. The van der Waals surface area contributed by atoms with Gasteiger partial charge in [-0.1, -0.05) is 27.7 Å². The summed E-state index contributed by atoms with van der Waals surface area (Å²) in [4.78, 5) is 2.45. The minimum Gasteiger partial charge on any atom is -0.313 e. The molecule has 0 spiro atoms. The van der Waals surface area contributed by atoms with Gasteiger partial charge in [0.25, 0.3) is 0 Å². The maximum Gasteiger partial charge on any atom is 0.0215 e. The van der Waals surface area contributed by atoms with Crippen LogP contribution in [0.3, 0.4) is 0 Å². The van der Waals surface area contributed by atoms with Crippen LogP contribution in [0.2, 0.25) is 0 Å². The molecule has 0 aromatic carbocycles. The minimum atomic E-state index is 0.601. The molecule has 2 heteroatoms. The molecule has 0 bridgehead atoms. The normalized spacial score (nSPS) is 14.1. The molecular formula is C11H26N2. The van der Waals surface area contributed by atoms with Crippen molar-refractivity contribution >= 4 is 0 Å². The van der Waals surface area contributed by atoms with E-state index in [1.165, 1.54) is 19.4 Å². The van der Waals surface area contributed by atoms with Crippen LogP contribution >= 0.6 is 0 Å². The molecule has 1 atom stereocenters. The fourth-order valence-electron chi connectivity index (χ4n) is 1.52. The third-order valence-corrected chi connectivity index (χ3v) is 2.43. The Balaban J connectivity index is 3.73. The molecule has 80 valence electrons. The third kappa shape index (κ3) is 6.05. The van der Waals surface area contributed by atoms with Gasteiger partial charge >= 0.3 is 0 Å². The summed E-state index contributed by atoms with van der Waals surface area (Å²) in [6.07, 6.45) is 2.48. The van der Waals surface area contributed by atoms with Gasteiger partial charge in [-0.3, -0.25) is 0 Å². The summed E-state index contributed by atoms with van der Waals surface area (Å²) in [5.74, 6) is 0. The lowest BCUT2D eigenvalue weighted by molar-refractivity contribution is 0.226. The molecule has 1 N–H and O–H groups in total. The molecule has 0 radical (unpaired) electrons. The first-order chi connectivity index (χ1) is 6.11. The van der Waals surface area contributed by atoms with Gasteiger partial charge in [0.15, 0.2) is 0 Å². The average molecular weight is 186 g/mol. The number of hydrogen-bond acceptors (Lipinski definition) is 2. The van der Waals surface area contributed by atoms with Gasteiger partial charge in [0.1, 0.15) is 0 Å². The van der Waals surface area contributed by atoms with Crippen molar-refractivity contribution in [3.8, 4) is 0 Å². The van der Waals surface area contributed by atoms with E-state index in [2.05, 4.69) is 45.0 Å². The summed E-state index contributed by atoms with van der Waals surface area (Å²) in [5, 5.41) is 3.49. The zero-order chi connectivity index (χ0) is 10.3. The summed E-state index contributed by atoms with van der Waals surface area (Å²) in [7, 11) is 2.22. The van der Waals surface area contributed by atoms with E-state index in [0.717, 1.165) is 6.54 Å². The van der Waals surface area contributed by atoms with Crippen molar-refractivity contribution in [2.24, 2.45) is 0 Å². The highest BCUT2D eigenvalue weighted by molar-refractivity contribution is 4.70. The van der Waals surface area contributed by atoms with Gasteiger partial charge < -0.3 is 10.2 Å². The molecule has 0 aliphatic heterocycles. The van der Waals surface area contributed by atoms with Crippen LogP contribution in [-0.4, -0.2) is 37.1 Å². The first kappa shape index (κ1) is 12.9. The molecular weight excluding hydrogens is 160 g/mol. The lowest BCUT2D eigenvalue weighted by atomic mass is 10.2. The summed E-state index contributed by atoms with van der Waals surface area (Å²) in [6.45, 7) is 11.2. The number of rotatable bonds is 7. The molecule has 0 fully saturated rings. The molecule has 0 rings (SSSR count). The van der Waals surface area contributed by atoms with E-state index in [0.29, 0.717) is 12.1 Å². The Hall–Kier alpha value is -0.0800. The fourth-order valence-corrected chi connectivity index (χ4v) is 1.52. The van der Waals surface area contributed by atoms with Crippen molar-refractivity contribution in [1.29, 1.82) is 0 Å². The molecule has 1 unspecified atom stereocenters. The number of likely N-dealkylation sites (N-methyl/N-ethyl adjacent to an activating group) is 1. The van der Waals surface area contributed by atoms with Crippen LogP contribution in [0, 0.1) is 0 Å². The maximum absolute atomic E-state index is 3.49. The van der Waals surface area contributed by atoms with Crippen molar-refractivity contribution in [1.82, 2.24) is 10.2 Å². The molecule has 0 aliphatic carbocycles. The molecule has 0 heterocycles. The standard InChI is InChI=1S/C11H26N2/c1-6-8-13(5)11(7-2)9-12-10(3)4/h10-12H,6-9H2,1-5H3. The highest BCUT2D eigenvalue weighted by atomic mass is 15.1. The number of nitrogens with zero attached hydrogens (tertiary/aromatic N) is 1. The molecule has 0 amide bonds. The topological polar surface area (TPSA) is 15.3 Å². The third-order valence-electron chi connectivity index (χ3n) is 2.43.